The van der Waals surface area contributed by atoms with Crippen molar-refractivity contribution < 1.29 is 21.7 Å². The van der Waals surface area contributed by atoms with Gasteiger partial charge in [0.1, 0.15) is 0 Å². The van der Waals surface area contributed by atoms with Crippen molar-refractivity contribution >= 4 is 24.6 Å². The number of rotatable bonds is 3. The summed E-state index contributed by atoms with van der Waals surface area (Å²) in [6.07, 6.45) is 7.91. The molecule has 1 nitrogen and oxygen atoms in total. The Hall–Kier alpha value is -0.929. The van der Waals surface area contributed by atoms with Gasteiger partial charge in [-0.3, -0.25) is 0 Å². The molecule has 0 aromatic heterocycles. The second-order valence-electron chi connectivity index (χ2n) is 11.8. The van der Waals surface area contributed by atoms with Gasteiger partial charge in [-0.2, -0.15) is 0 Å². The van der Waals surface area contributed by atoms with Crippen LogP contribution >= 0.6 is 0 Å². The Morgan fingerprint density at radius 2 is 1.57 bits per heavy atom. The fraction of sp³-hybridized carbons (Fsp3) is 0.469. The molecule has 0 bridgehead atoms. The van der Waals surface area contributed by atoms with Crippen molar-refractivity contribution in [1.29, 1.82) is 0 Å². The molecule has 2 aromatic carbocycles. The topological polar surface area (TPSA) is 14.1 Å². The van der Waals surface area contributed by atoms with E-state index >= 15 is 0 Å². The summed E-state index contributed by atoms with van der Waals surface area (Å²) in [7, 11) is -1.75. The Balaban J connectivity index is 0.00000153. The zero-order valence-electron chi connectivity index (χ0n) is 23.7. The van der Waals surface area contributed by atoms with E-state index in [2.05, 4.69) is 89.3 Å². The SMILES string of the molecule is CC1CC2C(c3cccc4ccccc34)=C3CCCC3=CC2C1[Si](C)(C)[N-]C(C)(C)C.[CH3-].[CH3-].[CH3-].[Ti+4]. The van der Waals surface area contributed by atoms with Gasteiger partial charge in [-0.25, -0.2) is 0 Å². The van der Waals surface area contributed by atoms with Crippen molar-refractivity contribution in [3.05, 3.63) is 92.5 Å². The summed E-state index contributed by atoms with van der Waals surface area (Å²) in [6, 6.07) is 15.9. The van der Waals surface area contributed by atoms with E-state index in [1.165, 1.54) is 42.0 Å². The molecule has 2 fully saturated rings. The van der Waals surface area contributed by atoms with Crippen LogP contribution in [-0.4, -0.2) is 13.8 Å². The molecular formula is C32H47NSiTi. The van der Waals surface area contributed by atoms with Crippen LogP contribution in [0.3, 0.4) is 0 Å². The number of allylic oxidation sites excluding steroid dienone is 4. The summed E-state index contributed by atoms with van der Waals surface area (Å²) >= 11 is 0. The third-order valence-corrected chi connectivity index (χ3v) is 11.8. The summed E-state index contributed by atoms with van der Waals surface area (Å²) in [5, 5.41) is 2.81. The molecule has 188 valence electrons. The Labute approximate surface area is 233 Å². The van der Waals surface area contributed by atoms with Crippen molar-refractivity contribution in [2.45, 2.75) is 77.6 Å². The minimum Gasteiger partial charge on any atom is -0.660 e. The maximum absolute atomic E-state index is 5.49. The first kappa shape index (κ1) is 32.1. The van der Waals surface area contributed by atoms with E-state index in [9.17, 15) is 0 Å². The van der Waals surface area contributed by atoms with E-state index in [4.69, 9.17) is 4.98 Å². The summed E-state index contributed by atoms with van der Waals surface area (Å²) in [5.74, 6) is 2.06. The summed E-state index contributed by atoms with van der Waals surface area (Å²) < 4.78 is 0. The molecule has 0 heterocycles. The molecule has 0 saturated heterocycles. The molecule has 3 heteroatoms. The maximum Gasteiger partial charge on any atom is 4.00 e. The van der Waals surface area contributed by atoms with Crippen molar-refractivity contribution in [2.24, 2.45) is 17.8 Å². The van der Waals surface area contributed by atoms with Gasteiger partial charge >= 0.3 is 21.7 Å². The number of fused-ring (bicyclic) bond motifs is 3. The van der Waals surface area contributed by atoms with Gasteiger partial charge in [-0.05, 0) is 76.5 Å². The average molecular weight is 522 g/mol. The largest absolute Gasteiger partial charge is 4.00 e. The molecule has 35 heavy (non-hydrogen) atoms. The Morgan fingerprint density at radius 3 is 2.26 bits per heavy atom. The van der Waals surface area contributed by atoms with Crippen LogP contribution in [0.15, 0.2) is 59.7 Å². The van der Waals surface area contributed by atoms with Crippen molar-refractivity contribution in [2.75, 3.05) is 0 Å². The summed E-state index contributed by atoms with van der Waals surface area (Å²) in [4.78, 5) is 5.49. The third kappa shape index (κ3) is 5.82. The van der Waals surface area contributed by atoms with Gasteiger partial charge in [-0.1, -0.05) is 103 Å². The van der Waals surface area contributed by atoms with Crippen LogP contribution in [0, 0.1) is 40.0 Å². The standard InChI is InChI=1S/C29H38NSi.3CH3.Ti/c1-19-17-25-26(28(19)31(5,6)30-29(2,3)4)18-21-13-10-15-23(21)27(25)24-16-9-12-20-11-7-8-14-22(20)24;;;;/h7-9,11-12,14,16,18-19,25-26,28H,10,13,15,17H2,1-6H3;3*1H3;/q4*-1;+4. The van der Waals surface area contributed by atoms with E-state index in [1.54, 1.807) is 16.7 Å². The molecule has 5 rings (SSSR count). The minimum absolute atomic E-state index is 0. The van der Waals surface area contributed by atoms with Gasteiger partial charge in [0.15, 0.2) is 0 Å². The molecule has 4 atom stereocenters. The van der Waals surface area contributed by atoms with Crippen LogP contribution < -0.4 is 0 Å². The first-order chi connectivity index (χ1) is 14.7. The van der Waals surface area contributed by atoms with Gasteiger partial charge in [0, 0.05) is 0 Å². The van der Waals surface area contributed by atoms with Gasteiger partial charge in [0.05, 0.1) is 0 Å². The van der Waals surface area contributed by atoms with Crippen LogP contribution in [-0.2, 0) is 21.7 Å². The van der Waals surface area contributed by atoms with Gasteiger partial charge in [0.2, 0.25) is 0 Å². The molecule has 0 amide bonds. The van der Waals surface area contributed by atoms with Crippen molar-refractivity contribution in [1.82, 2.24) is 0 Å². The molecule has 3 aliphatic rings. The first-order valence-corrected chi connectivity index (χ1v) is 15.3. The molecule has 4 unspecified atom stereocenters. The zero-order valence-corrected chi connectivity index (χ0v) is 26.3. The molecular weight excluding hydrogens is 474 g/mol. The van der Waals surface area contributed by atoms with Crippen LogP contribution in [0.25, 0.3) is 21.3 Å². The zero-order chi connectivity index (χ0) is 22.0. The van der Waals surface area contributed by atoms with E-state index in [1.807, 2.05) is 0 Å². The number of hydrogen-bond acceptors (Lipinski definition) is 0. The predicted octanol–water partition coefficient (Wildman–Crippen LogP) is 10.1. The fourth-order valence-corrected chi connectivity index (χ4v) is 12.2. The number of nitrogens with zero attached hydrogens (tertiary/aromatic N) is 1. The maximum atomic E-state index is 5.49. The Kier molecular flexibility index (Phi) is 10.7. The van der Waals surface area contributed by atoms with Gasteiger partial charge < -0.3 is 27.3 Å². The van der Waals surface area contributed by atoms with E-state index in [-0.39, 0.29) is 49.5 Å². The number of hydrogen-bond donors (Lipinski definition) is 0. The molecule has 3 aliphatic carbocycles. The Morgan fingerprint density at radius 1 is 0.914 bits per heavy atom. The van der Waals surface area contributed by atoms with E-state index in [0.717, 1.165) is 11.5 Å². The summed E-state index contributed by atoms with van der Waals surface area (Å²) in [6.45, 7) is 14.4. The minimum atomic E-state index is -1.75. The van der Waals surface area contributed by atoms with Crippen LogP contribution in [0.5, 0.6) is 0 Å². The second-order valence-corrected chi connectivity index (χ2v) is 16.0. The smallest absolute Gasteiger partial charge is 0.660 e. The van der Waals surface area contributed by atoms with Gasteiger partial charge in [-0.15, -0.1) is 5.54 Å². The molecule has 2 aromatic rings. The molecule has 0 spiro atoms. The predicted molar refractivity (Wildman–Crippen MR) is 157 cm³/mol. The molecule has 0 radical (unpaired) electrons. The number of benzene rings is 2. The van der Waals surface area contributed by atoms with Gasteiger partial charge in [0.25, 0.3) is 0 Å². The average Bonchev–Trinajstić information content (AvgIpc) is 3.27. The Bertz CT molecular complexity index is 1070. The fourth-order valence-electron chi connectivity index (χ4n) is 7.51. The monoisotopic (exact) mass is 521 g/mol. The molecule has 0 N–H and O–H groups in total. The normalized spacial score (nSPS) is 25.4. The van der Waals surface area contributed by atoms with Crippen molar-refractivity contribution in [3.63, 3.8) is 0 Å². The molecule has 2 saturated carbocycles. The van der Waals surface area contributed by atoms with Crippen LogP contribution in [0.4, 0.5) is 0 Å². The van der Waals surface area contributed by atoms with E-state index in [0.29, 0.717) is 11.8 Å². The van der Waals surface area contributed by atoms with E-state index < -0.39 is 8.24 Å². The van der Waals surface area contributed by atoms with Crippen molar-refractivity contribution in [3.8, 4) is 0 Å². The van der Waals surface area contributed by atoms with Crippen LogP contribution in [0.1, 0.15) is 58.9 Å². The quantitative estimate of drug-likeness (QED) is 0.282. The summed E-state index contributed by atoms with van der Waals surface area (Å²) in [5.41, 5.74) is 7.36. The second kappa shape index (κ2) is 11.6. The third-order valence-electron chi connectivity index (χ3n) is 7.99. The van der Waals surface area contributed by atoms with Crippen LogP contribution in [0.2, 0.25) is 18.6 Å². The first-order valence-electron chi connectivity index (χ1n) is 12.3. The molecule has 0 aliphatic heterocycles.